The molecule has 0 saturated carbocycles. The van der Waals surface area contributed by atoms with Gasteiger partial charge in [0.2, 0.25) is 0 Å². The number of aromatic nitrogens is 1. The van der Waals surface area contributed by atoms with Crippen LogP contribution in [0.5, 0.6) is 11.5 Å². The molecule has 0 N–H and O–H groups in total. The van der Waals surface area contributed by atoms with E-state index in [1.165, 1.54) is 24.0 Å². The van der Waals surface area contributed by atoms with E-state index in [4.69, 9.17) is 9.47 Å². The maximum atomic E-state index is 5.43. The summed E-state index contributed by atoms with van der Waals surface area (Å²) in [5, 5.41) is 0. The maximum absolute atomic E-state index is 5.43. The Morgan fingerprint density at radius 2 is 1.70 bits per heavy atom. The van der Waals surface area contributed by atoms with E-state index in [2.05, 4.69) is 34.1 Å². The quantitative estimate of drug-likeness (QED) is 0.846. The molecule has 1 aliphatic rings. The summed E-state index contributed by atoms with van der Waals surface area (Å²) < 4.78 is 10.8. The molecule has 4 nitrogen and oxygen atoms in total. The molecule has 0 aliphatic carbocycles. The lowest BCUT2D eigenvalue weighted by Crippen LogP contribution is -2.32. The molecule has 1 aromatic heterocycles. The first kappa shape index (κ1) is 15.8. The van der Waals surface area contributed by atoms with E-state index in [-0.39, 0.29) is 0 Å². The van der Waals surface area contributed by atoms with Gasteiger partial charge in [0.05, 0.1) is 14.2 Å². The summed E-state index contributed by atoms with van der Waals surface area (Å²) in [6.07, 6.45) is 6.10. The average molecular weight is 312 g/mol. The molecule has 0 unspecified atom stereocenters. The highest BCUT2D eigenvalue weighted by Gasteiger charge is 2.21. The number of pyridine rings is 1. The third kappa shape index (κ3) is 3.82. The predicted octanol–water partition coefficient (Wildman–Crippen LogP) is 3.48. The van der Waals surface area contributed by atoms with Gasteiger partial charge in [-0.25, -0.2) is 0 Å². The van der Waals surface area contributed by atoms with Gasteiger partial charge in [-0.1, -0.05) is 6.07 Å². The molecule has 0 radical (unpaired) electrons. The Hall–Kier alpha value is -2.07. The minimum absolute atomic E-state index is 0.600. The number of likely N-dealkylation sites (tertiary alicyclic amines) is 1. The summed E-state index contributed by atoms with van der Waals surface area (Å²) >= 11 is 0. The number of piperidine rings is 1. The van der Waals surface area contributed by atoms with Crippen LogP contribution in [0.2, 0.25) is 0 Å². The Morgan fingerprint density at radius 3 is 2.35 bits per heavy atom. The minimum atomic E-state index is 0.600. The van der Waals surface area contributed by atoms with Crippen LogP contribution in [0.25, 0.3) is 0 Å². The molecule has 1 aliphatic heterocycles. The Bertz CT molecular complexity index is 623. The fraction of sp³-hybridized carbons (Fsp3) is 0.421. The Morgan fingerprint density at radius 1 is 1.00 bits per heavy atom. The maximum Gasteiger partial charge on any atom is 0.160 e. The van der Waals surface area contributed by atoms with Crippen LogP contribution in [0.1, 0.15) is 29.9 Å². The van der Waals surface area contributed by atoms with Crippen molar-refractivity contribution in [1.82, 2.24) is 9.88 Å². The van der Waals surface area contributed by atoms with Gasteiger partial charge < -0.3 is 9.47 Å². The van der Waals surface area contributed by atoms with E-state index >= 15 is 0 Å². The number of ether oxygens (including phenoxy) is 2. The Labute approximate surface area is 138 Å². The smallest absolute Gasteiger partial charge is 0.160 e. The van der Waals surface area contributed by atoms with E-state index in [1.54, 1.807) is 14.2 Å². The van der Waals surface area contributed by atoms with Gasteiger partial charge in [-0.15, -0.1) is 0 Å². The number of hydrogen-bond donors (Lipinski definition) is 0. The van der Waals surface area contributed by atoms with Crippen molar-refractivity contribution in [1.29, 1.82) is 0 Å². The summed E-state index contributed by atoms with van der Waals surface area (Å²) in [6.45, 7) is 3.27. The first-order chi connectivity index (χ1) is 11.3. The number of methoxy groups -OCH3 is 2. The molecule has 1 aromatic carbocycles. The largest absolute Gasteiger partial charge is 0.493 e. The van der Waals surface area contributed by atoms with Gasteiger partial charge in [0, 0.05) is 18.9 Å². The van der Waals surface area contributed by atoms with Gasteiger partial charge in [-0.3, -0.25) is 9.88 Å². The third-order valence-electron chi connectivity index (χ3n) is 4.62. The first-order valence-corrected chi connectivity index (χ1v) is 8.13. The van der Waals surface area contributed by atoms with Crippen LogP contribution in [0.4, 0.5) is 0 Å². The lowest BCUT2D eigenvalue weighted by atomic mass is 9.89. The zero-order chi connectivity index (χ0) is 16.1. The summed E-state index contributed by atoms with van der Waals surface area (Å²) in [5.41, 5.74) is 2.69. The normalized spacial score (nSPS) is 16.3. The van der Waals surface area contributed by atoms with Crippen LogP contribution in [-0.2, 0) is 6.54 Å². The van der Waals surface area contributed by atoms with Crippen LogP contribution in [0.3, 0.4) is 0 Å². The molecule has 0 atom stereocenters. The molecule has 1 fully saturated rings. The van der Waals surface area contributed by atoms with Gasteiger partial charge in [0.15, 0.2) is 11.5 Å². The molecule has 4 heteroatoms. The predicted molar refractivity (Wildman–Crippen MR) is 91.0 cm³/mol. The molecule has 23 heavy (non-hydrogen) atoms. The molecule has 3 rings (SSSR count). The second kappa shape index (κ2) is 7.47. The SMILES string of the molecule is COc1ccc(C2CCN(Cc3ccncc3)CC2)cc1OC. The van der Waals surface area contributed by atoms with Crippen molar-refractivity contribution in [3.8, 4) is 11.5 Å². The lowest BCUT2D eigenvalue weighted by Gasteiger charge is -2.32. The van der Waals surface area contributed by atoms with Crippen molar-refractivity contribution < 1.29 is 9.47 Å². The summed E-state index contributed by atoms with van der Waals surface area (Å²) in [6, 6.07) is 10.5. The zero-order valence-corrected chi connectivity index (χ0v) is 13.9. The van der Waals surface area contributed by atoms with E-state index in [0.717, 1.165) is 31.1 Å². The average Bonchev–Trinajstić information content (AvgIpc) is 2.62. The van der Waals surface area contributed by atoms with Crippen LogP contribution in [0.15, 0.2) is 42.7 Å². The molecule has 0 amide bonds. The van der Waals surface area contributed by atoms with E-state index < -0.39 is 0 Å². The van der Waals surface area contributed by atoms with Crippen LogP contribution < -0.4 is 9.47 Å². The summed E-state index contributed by atoms with van der Waals surface area (Å²) in [4.78, 5) is 6.60. The van der Waals surface area contributed by atoms with E-state index in [1.807, 2.05) is 18.5 Å². The molecule has 1 saturated heterocycles. The topological polar surface area (TPSA) is 34.6 Å². The number of benzene rings is 1. The molecule has 2 aromatic rings. The van der Waals surface area contributed by atoms with Gasteiger partial charge in [-0.2, -0.15) is 0 Å². The second-order valence-corrected chi connectivity index (χ2v) is 6.02. The number of nitrogens with zero attached hydrogens (tertiary/aromatic N) is 2. The fourth-order valence-electron chi connectivity index (χ4n) is 3.28. The summed E-state index contributed by atoms with van der Waals surface area (Å²) in [7, 11) is 3.37. The van der Waals surface area contributed by atoms with Crippen LogP contribution in [-0.4, -0.2) is 37.2 Å². The van der Waals surface area contributed by atoms with Crippen molar-refractivity contribution in [2.24, 2.45) is 0 Å². The highest BCUT2D eigenvalue weighted by atomic mass is 16.5. The minimum Gasteiger partial charge on any atom is -0.493 e. The standard InChI is InChI=1S/C19H24N2O2/c1-22-18-4-3-17(13-19(18)23-2)16-7-11-21(12-8-16)14-15-5-9-20-10-6-15/h3-6,9-10,13,16H,7-8,11-12,14H2,1-2H3. The molecular formula is C19H24N2O2. The molecule has 0 spiro atoms. The van der Waals surface area contributed by atoms with Gasteiger partial charge >= 0.3 is 0 Å². The molecule has 2 heterocycles. The van der Waals surface area contributed by atoms with Gasteiger partial charge in [0.25, 0.3) is 0 Å². The van der Waals surface area contributed by atoms with E-state index in [9.17, 15) is 0 Å². The number of rotatable bonds is 5. The lowest BCUT2D eigenvalue weighted by molar-refractivity contribution is 0.204. The van der Waals surface area contributed by atoms with Gasteiger partial charge in [0.1, 0.15) is 0 Å². The van der Waals surface area contributed by atoms with Crippen molar-refractivity contribution in [2.45, 2.75) is 25.3 Å². The van der Waals surface area contributed by atoms with Crippen molar-refractivity contribution in [3.05, 3.63) is 53.9 Å². The molecular weight excluding hydrogens is 288 g/mol. The molecule has 122 valence electrons. The van der Waals surface area contributed by atoms with Crippen LogP contribution in [0, 0.1) is 0 Å². The van der Waals surface area contributed by atoms with Crippen LogP contribution >= 0.6 is 0 Å². The van der Waals surface area contributed by atoms with Gasteiger partial charge in [-0.05, 0) is 67.2 Å². The summed E-state index contributed by atoms with van der Waals surface area (Å²) in [5.74, 6) is 2.22. The van der Waals surface area contributed by atoms with Crippen molar-refractivity contribution in [3.63, 3.8) is 0 Å². The fourth-order valence-corrected chi connectivity index (χ4v) is 3.28. The highest BCUT2D eigenvalue weighted by molar-refractivity contribution is 5.44. The van der Waals surface area contributed by atoms with E-state index in [0.29, 0.717) is 5.92 Å². The second-order valence-electron chi connectivity index (χ2n) is 6.02. The zero-order valence-electron chi connectivity index (χ0n) is 13.9. The third-order valence-corrected chi connectivity index (χ3v) is 4.62. The Kier molecular flexibility index (Phi) is 5.13. The first-order valence-electron chi connectivity index (χ1n) is 8.13. The van der Waals surface area contributed by atoms with Crippen molar-refractivity contribution in [2.75, 3.05) is 27.3 Å². The highest BCUT2D eigenvalue weighted by Crippen LogP contribution is 2.34. The Balaban J connectivity index is 1.60. The van der Waals surface area contributed by atoms with Crippen molar-refractivity contribution >= 4 is 0 Å². The molecule has 0 bridgehead atoms. The number of hydrogen-bond acceptors (Lipinski definition) is 4. The monoisotopic (exact) mass is 312 g/mol.